The molecule has 5 heteroatoms. The fourth-order valence-electron chi connectivity index (χ4n) is 2.31. The molecular weight excluding hydrogens is 270 g/mol. The van der Waals surface area contributed by atoms with E-state index in [-0.39, 0.29) is 0 Å². The molecule has 1 aromatic carbocycles. The highest BCUT2D eigenvalue weighted by Crippen LogP contribution is 2.23. The van der Waals surface area contributed by atoms with Gasteiger partial charge in [-0.1, -0.05) is 5.16 Å². The van der Waals surface area contributed by atoms with Crippen LogP contribution in [0.5, 0.6) is 5.75 Å². The number of aryl methyl sites for hydroxylation is 1. The van der Waals surface area contributed by atoms with Crippen LogP contribution in [0.2, 0.25) is 0 Å². The molecule has 1 aliphatic carbocycles. The summed E-state index contributed by atoms with van der Waals surface area (Å²) < 4.78 is 10.4. The number of carbonyl (C=O) groups excluding carboxylic acids is 1. The number of hydrogen-bond acceptors (Lipinski definition) is 5. The molecule has 0 spiro atoms. The summed E-state index contributed by atoms with van der Waals surface area (Å²) in [4.78, 5) is 17.0. The van der Waals surface area contributed by atoms with E-state index in [1.165, 1.54) is 0 Å². The smallest absolute Gasteiger partial charge is 0.365 e. The zero-order valence-corrected chi connectivity index (χ0v) is 11.7. The van der Waals surface area contributed by atoms with Gasteiger partial charge >= 0.3 is 5.97 Å². The second-order valence-electron chi connectivity index (χ2n) is 4.76. The molecule has 108 valence electrons. The Morgan fingerprint density at radius 1 is 1.19 bits per heavy atom. The van der Waals surface area contributed by atoms with Crippen molar-refractivity contribution in [2.45, 2.75) is 19.3 Å². The molecule has 0 bridgehead atoms. The van der Waals surface area contributed by atoms with Crippen LogP contribution in [0.4, 0.5) is 0 Å². The lowest BCUT2D eigenvalue weighted by molar-refractivity contribution is 0.0515. The maximum absolute atomic E-state index is 11.9. The normalized spacial score (nSPS) is 15.6. The highest BCUT2D eigenvalue weighted by Gasteiger charge is 2.19. The van der Waals surface area contributed by atoms with Gasteiger partial charge in [-0.05, 0) is 43.2 Å². The predicted molar refractivity (Wildman–Crippen MR) is 76.6 cm³/mol. The molecule has 21 heavy (non-hydrogen) atoms. The quantitative estimate of drug-likeness (QED) is 0.642. The summed E-state index contributed by atoms with van der Waals surface area (Å²) in [5.74, 6) is 1.11. The lowest BCUT2D eigenvalue weighted by Crippen LogP contribution is -2.11. The maximum Gasteiger partial charge on any atom is 0.365 e. The van der Waals surface area contributed by atoms with Gasteiger partial charge in [0.1, 0.15) is 11.5 Å². The Labute approximate surface area is 122 Å². The van der Waals surface area contributed by atoms with Crippen LogP contribution in [-0.4, -0.2) is 18.8 Å². The Kier molecular flexibility index (Phi) is 3.73. The van der Waals surface area contributed by atoms with E-state index in [4.69, 9.17) is 14.0 Å². The van der Waals surface area contributed by atoms with E-state index in [0.717, 1.165) is 36.3 Å². The third-order valence-corrected chi connectivity index (χ3v) is 3.44. The van der Waals surface area contributed by atoms with Gasteiger partial charge in [0.15, 0.2) is 0 Å². The number of methoxy groups -OCH3 is 1. The standard InChI is InChI=1S/C16H15NO4/c1-19-12-7-5-11(6-8-12)16(18)21-17-14-3-2-4-15-13(14)9-10-20-15/h5-10H,2-4H2,1H3. The minimum Gasteiger partial charge on any atom is -0.497 e. The highest BCUT2D eigenvalue weighted by molar-refractivity contribution is 6.02. The van der Waals surface area contributed by atoms with Crippen molar-refractivity contribution >= 4 is 11.7 Å². The molecule has 0 aliphatic heterocycles. The molecule has 0 radical (unpaired) electrons. The fourth-order valence-corrected chi connectivity index (χ4v) is 2.31. The zero-order chi connectivity index (χ0) is 14.7. The van der Waals surface area contributed by atoms with Crippen molar-refractivity contribution in [3.63, 3.8) is 0 Å². The molecule has 0 unspecified atom stereocenters. The lowest BCUT2D eigenvalue weighted by Gasteiger charge is -2.11. The van der Waals surface area contributed by atoms with Crippen LogP contribution in [-0.2, 0) is 11.3 Å². The number of fused-ring (bicyclic) bond motifs is 1. The summed E-state index contributed by atoms with van der Waals surface area (Å²) in [6.45, 7) is 0. The molecule has 3 rings (SSSR count). The predicted octanol–water partition coefficient (Wildman–Crippen LogP) is 3.19. The van der Waals surface area contributed by atoms with Crippen LogP contribution in [0.1, 0.15) is 34.5 Å². The molecule has 1 heterocycles. The number of rotatable bonds is 3. The van der Waals surface area contributed by atoms with Crippen LogP contribution in [0, 0.1) is 0 Å². The summed E-state index contributed by atoms with van der Waals surface area (Å²) in [6, 6.07) is 8.56. The molecule has 0 N–H and O–H groups in total. The summed E-state index contributed by atoms with van der Waals surface area (Å²) in [7, 11) is 1.57. The number of carbonyl (C=O) groups is 1. The first-order chi connectivity index (χ1) is 10.3. The molecule has 0 atom stereocenters. The largest absolute Gasteiger partial charge is 0.497 e. The van der Waals surface area contributed by atoms with Crippen LogP contribution < -0.4 is 4.74 Å². The zero-order valence-electron chi connectivity index (χ0n) is 11.7. The molecule has 5 nitrogen and oxygen atoms in total. The summed E-state index contributed by atoms with van der Waals surface area (Å²) in [6.07, 6.45) is 4.26. The first kappa shape index (κ1) is 13.4. The fraction of sp³-hybridized carbons (Fsp3) is 0.250. The molecule has 0 saturated carbocycles. The maximum atomic E-state index is 11.9. The third-order valence-electron chi connectivity index (χ3n) is 3.44. The number of benzene rings is 1. The van der Waals surface area contributed by atoms with Gasteiger partial charge < -0.3 is 14.0 Å². The van der Waals surface area contributed by atoms with Gasteiger partial charge in [0.2, 0.25) is 0 Å². The van der Waals surface area contributed by atoms with Crippen molar-refractivity contribution in [2.24, 2.45) is 5.16 Å². The molecule has 1 aromatic heterocycles. The number of nitrogens with zero attached hydrogens (tertiary/aromatic N) is 1. The molecule has 0 fully saturated rings. The third kappa shape index (κ3) is 2.81. The summed E-state index contributed by atoms with van der Waals surface area (Å²) in [5.41, 5.74) is 2.12. The number of ether oxygens (including phenoxy) is 1. The van der Waals surface area contributed by atoms with Crippen LogP contribution >= 0.6 is 0 Å². The van der Waals surface area contributed by atoms with Crippen molar-refractivity contribution < 1.29 is 18.8 Å². The average Bonchev–Trinajstić information content (AvgIpc) is 3.02. The second kappa shape index (κ2) is 5.83. The van der Waals surface area contributed by atoms with Gasteiger partial charge in [0.05, 0.1) is 24.6 Å². The van der Waals surface area contributed by atoms with Crippen molar-refractivity contribution in [1.29, 1.82) is 0 Å². The van der Waals surface area contributed by atoms with E-state index < -0.39 is 5.97 Å². The van der Waals surface area contributed by atoms with Crippen molar-refractivity contribution in [3.05, 3.63) is 53.5 Å². The first-order valence-corrected chi connectivity index (χ1v) is 6.77. The van der Waals surface area contributed by atoms with Gasteiger partial charge in [-0.3, -0.25) is 0 Å². The molecule has 0 amide bonds. The van der Waals surface area contributed by atoms with Crippen molar-refractivity contribution in [1.82, 2.24) is 0 Å². The minimum atomic E-state index is -0.485. The van der Waals surface area contributed by atoms with E-state index in [2.05, 4.69) is 5.16 Å². The van der Waals surface area contributed by atoms with Gasteiger partial charge in [0, 0.05) is 12.0 Å². The Morgan fingerprint density at radius 3 is 2.76 bits per heavy atom. The van der Waals surface area contributed by atoms with E-state index in [1.54, 1.807) is 37.6 Å². The van der Waals surface area contributed by atoms with E-state index in [9.17, 15) is 4.79 Å². The highest BCUT2D eigenvalue weighted by atomic mass is 16.7. The van der Waals surface area contributed by atoms with Crippen LogP contribution in [0.15, 0.2) is 46.2 Å². The second-order valence-corrected chi connectivity index (χ2v) is 4.76. The molecule has 0 saturated heterocycles. The van der Waals surface area contributed by atoms with Crippen LogP contribution in [0.3, 0.4) is 0 Å². The van der Waals surface area contributed by atoms with E-state index in [0.29, 0.717) is 11.3 Å². The first-order valence-electron chi connectivity index (χ1n) is 6.77. The average molecular weight is 285 g/mol. The monoisotopic (exact) mass is 285 g/mol. The van der Waals surface area contributed by atoms with Crippen molar-refractivity contribution in [3.8, 4) is 5.75 Å². The Balaban J connectivity index is 1.72. The number of oxime groups is 1. The van der Waals surface area contributed by atoms with Gasteiger partial charge in [0.25, 0.3) is 0 Å². The topological polar surface area (TPSA) is 61.0 Å². The molecule has 1 aliphatic rings. The van der Waals surface area contributed by atoms with E-state index in [1.807, 2.05) is 6.07 Å². The van der Waals surface area contributed by atoms with E-state index >= 15 is 0 Å². The Bertz CT molecular complexity index is 670. The van der Waals surface area contributed by atoms with Crippen LogP contribution in [0.25, 0.3) is 0 Å². The van der Waals surface area contributed by atoms with Gasteiger partial charge in [-0.25, -0.2) is 4.79 Å². The van der Waals surface area contributed by atoms with Gasteiger partial charge in [-0.15, -0.1) is 0 Å². The lowest BCUT2D eigenvalue weighted by atomic mass is 9.97. The Hall–Kier alpha value is -2.56. The summed E-state index contributed by atoms with van der Waals surface area (Å²) >= 11 is 0. The Morgan fingerprint density at radius 2 is 2.00 bits per heavy atom. The minimum absolute atomic E-state index is 0.434. The van der Waals surface area contributed by atoms with Crippen molar-refractivity contribution in [2.75, 3.05) is 7.11 Å². The SMILES string of the molecule is COc1ccc(C(=O)ON=C2CCCc3occc32)cc1. The van der Waals surface area contributed by atoms with Gasteiger partial charge in [-0.2, -0.15) is 0 Å². The molecular formula is C16H15NO4. The number of furan rings is 1. The number of hydrogen-bond donors (Lipinski definition) is 0. The summed E-state index contributed by atoms with van der Waals surface area (Å²) in [5, 5.41) is 3.99. The molecule has 2 aromatic rings.